The van der Waals surface area contributed by atoms with Crippen LogP contribution in [0, 0.1) is 0 Å². The molecule has 1 atom stereocenters. The summed E-state index contributed by atoms with van der Waals surface area (Å²) in [4.78, 5) is 12.4. The topological polar surface area (TPSA) is 47.6 Å². The summed E-state index contributed by atoms with van der Waals surface area (Å²) in [5.74, 6) is 1.33. The quantitative estimate of drug-likeness (QED) is 0.776. The van der Waals surface area contributed by atoms with Gasteiger partial charge in [-0.15, -0.1) is 0 Å². The molecule has 4 heteroatoms. The zero-order chi connectivity index (χ0) is 17.4. The van der Waals surface area contributed by atoms with E-state index in [2.05, 4.69) is 29.6 Å². The summed E-state index contributed by atoms with van der Waals surface area (Å²) in [5, 5.41) is 5.29. The van der Waals surface area contributed by atoms with Crippen molar-refractivity contribution in [2.24, 2.45) is 0 Å². The Hall–Kier alpha value is -3.01. The van der Waals surface area contributed by atoms with Crippen molar-refractivity contribution >= 4 is 22.4 Å². The van der Waals surface area contributed by atoms with Crippen molar-refractivity contribution in [1.29, 1.82) is 0 Å². The molecule has 0 unspecified atom stereocenters. The number of fused-ring (bicyclic) bond motifs is 2. The first-order valence-corrected chi connectivity index (χ1v) is 8.24. The average Bonchev–Trinajstić information content (AvgIpc) is 2.65. The van der Waals surface area contributed by atoms with Crippen LogP contribution >= 0.6 is 0 Å². The highest BCUT2D eigenvalue weighted by Crippen LogP contribution is 2.46. The summed E-state index contributed by atoms with van der Waals surface area (Å²) in [6.45, 7) is 0. The Morgan fingerprint density at radius 1 is 1.00 bits per heavy atom. The molecule has 0 radical (unpaired) electrons. The fourth-order valence-electron chi connectivity index (χ4n) is 3.66. The fraction of sp³-hybridized carbons (Fsp3) is 0.190. The molecule has 0 bridgehead atoms. The van der Waals surface area contributed by atoms with Gasteiger partial charge in [0.1, 0.15) is 11.5 Å². The Labute approximate surface area is 146 Å². The smallest absolute Gasteiger partial charge is 0.225 e. The van der Waals surface area contributed by atoms with E-state index in [1.807, 2.05) is 30.3 Å². The van der Waals surface area contributed by atoms with E-state index in [-0.39, 0.29) is 11.8 Å². The van der Waals surface area contributed by atoms with Gasteiger partial charge in [-0.05, 0) is 16.3 Å². The summed E-state index contributed by atoms with van der Waals surface area (Å²) in [6, 6.07) is 18.2. The van der Waals surface area contributed by atoms with Gasteiger partial charge in [0.25, 0.3) is 0 Å². The number of nitrogens with one attached hydrogen (secondary N) is 1. The molecule has 3 aromatic carbocycles. The summed E-state index contributed by atoms with van der Waals surface area (Å²) in [7, 11) is 3.25. The number of hydrogen-bond donors (Lipinski definition) is 1. The van der Waals surface area contributed by atoms with Crippen molar-refractivity contribution in [3.8, 4) is 11.5 Å². The highest BCUT2D eigenvalue weighted by molar-refractivity contribution is 5.98. The zero-order valence-corrected chi connectivity index (χ0v) is 14.2. The number of carbonyl (C=O) groups excluding carboxylic acids is 1. The Kier molecular flexibility index (Phi) is 3.80. The minimum Gasteiger partial charge on any atom is -0.497 e. The first-order chi connectivity index (χ1) is 12.2. The second-order valence-electron chi connectivity index (χ2n) is 6.16. The maximum absolute atomic E-state index is 12.4. The van der Waals surface area contributed by atoms with Gasteiger partial charge in [-0.1, -0.05) is 42.5 Å². The third-order valence-electron chi connectivity index (χ3n) is 4.78. The van der Waals surface area contributed by atoms with Crippen molar-refractivity contribution in [1.82, 2.24) is 0 Å². The van der Waals surface area contributed by atoms with Crippen LogP contribution in [0.5, 0.6) is 11.5 Å². The third kappa shape index (κ3) is 2.60. The number of rotatable bonds is 3. The second-order valence-corrected chi connectivity index (χ2v) is 6.16. The van der Waals surface area contributed by atoms with E-state index in [4.69, 9.17) is 9.47 Å². The lowest BCUT2D eigenvalue weighted by atomic mass is 9.82. The average molecular weight is 333 g/mol. The molecular weight excluding hydrogens is 314 g/mol. The molecule has 1 aliphatic rings. The van der Waals surface area contributed by atoms with Gasteiger partial charge < -0.3 is 14.8 Å². The van der Waals surface area contributed by atoms with Gasteiger partial charge in [0.05, 0.1) is 19.9 Å². The second kappa shape index (κ2) is 6.13. The number of amides is 1. The molecule has 126 valence electrons. The van der Waals surface area contributed by atoms with Crippen molar-refractivity contribution < 1.29 is 14.3 Å². The molecule has 4 rings (SSSR count). The Morgan fingerprint density at radius 3 is 2.60 bits per heavy atom. The lowest BCUT2D eigenvalue weighted by molar-refractivity contribution is -0.116. The van der Waals surface area contributed by atoms with Crippen LogP contribution in [0.4, 0.5) is 5.69 Å². The lowest BCUT2D eigenvalue weighted by Crippen LogP contribution is -2.24. The molecule has 0 aliphatic carbocycles. The highest BCUT2D eigenvalue weighted by Gasteiger charge is 2.31. The lowest BCUT2D eigenvalue weighted by Gasteiger charge is -2.29. The van der Waals surface area contributed by atoms with Crippen LogP contribution in [0.15, 0.2) is 54.6 Å². The molecular formula is C21H19NO3. The standard InChI is InChI=1S/C21H19NO3/c1-24-14-10-18-21(19(11-14)25-2)17(12-20(23)22-18)16-9-5-7-13-6-3-4-8-15(13)16/h3-11,17H,12H2,1-2H3,(H,22,23)/t17-/m0/s1. The van der Waals surface area contributed by atoms with Crippen LogP contribution in [0.1, 0.15) is 23.5 Å². The molecule has 0 spiro atoms. The minimum absolute atomic E-state index is 0.000685. The molecule has 0 fully saturated rings. The summed E-state index contributed by atoms with van der Waals surface area (Å²) in [6.07, 6.45) is 0.393. The molecule has 0 saturated heterocycles. The van der Waals surface area contributed by atoms with Gasteiger partial charge in [0, 0.05) is 30.0 Å². The number of ether oxygens (including phenoxy) is 2. The van der Waals surface area contributed by atoms with E-state index in [9.17, 15) is 4.79 Å². The van der Waals surface area contributed by atoms with E-state index in [0.29, 0.717) is 12.2 Å². The minimum atomic E-state index is -0.0595. The first-order valence-electron chi connectivity index (χ1n) is 8.24. The van der Waals surface area contributed by atoms with Gasteiger partial charge in [-0.3, -0.25) is 4.79 Å². The van der Waals surface area contributed by atoms with Gasteiger partial charge >= 0.3 is 0 Å². The highest BCUT2D eigenvalue weighted by atomic mass is 16.5. The molecule has 1 aliphatic heterocycles. The summed E-state index contributed by atoms with van der Waals surface area (Å²) < 4.78 is 11.0. The zero-order valence-electron chi connectivity index (χ0n) is 14.2. The van der Waals surface area contributed by atoms with Crippen LogP contribution in [-0.4, -0.2) is 20.1 Å². The van der Waals surface area contributed by atoms with Crippen LogP contribution in [0.2, 0.25) is 0 Å². The number of methoxy groups -OCH3 is 2. The molecule has 4 nitrogen and oxygen atoms in total. The summed E-state index contributed by atoms with van der Waals surface area (Å²) >= 11 is 0. The van der Waals surface area contributed by atoms with E-state index in [1.165, 1.54) is 5.39 Å². The maximum atomic E-state index is 12.4. The number of carbonyl (C=O) groups is 1. The Morgan fingerprint density at radius 2 is 1.80 bits per heavy atom. The van der Waals surface area contributed by atoms with E-state index >= 15 is 0 Å². The fourth-order valence-corrected chi connectivity index (χ4v) is 3.66. The van der Waals surface area contributed by atoms with E-state index < -0.39 is 0 Å². The molecule has 25 heavy (non-hydrogen) atoms. The van der Waals surface area contributed by atoms with Crippen LogP contribution in [0.25, 0.3) is 10.8 Å². The van der Waals surface area contributed by atoms with Crippen molar-refractivity contribution in [3.05, 3.63) is 65.7 Å². The van der Waals surface area contributed by atoms with E-state index in [0.717, 1.165) is 28.0 Å². The molecule has 1 N–H and O–H groups in total. The van der Waals surface area contributed by atoms with E-state index in [1.54, 1.807) is 14.2 Å². The number of benzene rings is 3. The molecule has 1 heterocycles. The summed E-state index contributed by atoms with van der Waals surface area (Å²) in [5.41, 5.74) is 2.89. The monoisotopic (exact) mass is 333 g/mol. The Balaban J connectivity index is 1.97. The van der Waals surface area contributed by atoms with Gasteiger partial charge in [0.15, 0.2) is 0 Å². The molecule has 0 saturated carbocycles. The largest absolute Gasteiger partial charge is 0.497 e. The predicted octanol–water partition coefficient (Wildman–Crippen LogP) is 4.33. The normalized spacial score (nSPS) is 16.2. The molecule has 3 aromatic rings. The maximum Gasteiger partial charge on any atom is 0.225 e. The molecule has 1 amide bonds. The molecule has 0 aromatic heterocycles. The van der Waals surface area contributed by atoms with Crippen LogP contribution in [0.3, 0.4) is 0 Å². The number of hydrogen-bond acceptors (Lipinski definition) is 3. The van der Waals surface area contributed by atoms with Gasteiger partial charge in [-0.25, -0.2) is 0 Å². The number of anilines is 1. The van der Waals surface area contributed by atoms with Crippen LogP contribution < -0.4 is 14.8 Å². The predicted molar refractivity (Wildman–Crippen MR) is 98.6 cm³/mol. The van der Waals surface area contributed by atoms with Crippen molar-refractivity contribution in [2.45, 2.75) is 12.3 Å². The van der Waals surface area contributed by atoms with Gasteiger partial charge in [0.2, 0.25) is 5.91 Å². The van der Waals surface area contributed by atoms with Crippen LogP contribution in [-0.2, 0) is 4.79 Å². The Bertz CT molecular complexity index is 959. The van der Waals surface area contributed by atoms with Crippen molar-refractivity contribution in [2.75, 3.05) is 19.5 Å². The SMILES string of the molecule is COc1cc2c(c(OC)c1)[C@H](c1cccc3ccccc13)CC(=O)N2. The van der Waals surface area contributed by atoms with Gasteiger partial charge in [-0.2, -0.15) is 0 Å². The third-order valence-corrected chi connectivity index (χ3v) is 4.78. The first kappa shape index (κ1) is 15.5. The van der Waals surface area contributed by atoms with Crippen molar-refractivity contribution in [3.63, 3.8) is 0 Å².